The smallest absolute Gasteiger partial charge is 0.307 e. The van der Waals surface area contributed by atoms with E-state index in [1.54, 1.807) is 18.2 Å². The first-order chi connectivity index (χ1) is 7.83. The molecule has 1 aromatic carbocycles. The van der Waals surface area contributed by atoms with Crippen LogP contribution in [-0.4, -0.2) is 18.9 Å². The fourth-order valence-electron chi connectivity index (χ4n) is 1.20. The fourth-order valence-corrected chi connectivity index (χ4v) is 1.40. The summed E-state index contributed by atoms with van der Waals surface area (Å²) in [5, 5.41) is 2.80. The van der Waals surface area contributed by atoms with Gasteiger partial charge in [-0.3, -0.25) is 0 Å². The highest BCUT2D eigenvalue weighted by Gasteiger charge is 2.39. The maximum atomic E-state index is 12.6. The molecule has 17 heavy (non-hydrogen) atoms. The summed E-state index contributed by atoms with van der Waals surface area (Å²) >= 11 is 5.84. The second kappa shape index (κ2) is 5.69. The highest BCUT2D eigenvalue weighted by Crippen LogP contribution is 2.22. The number of halogens is 5. The van der Waals surface area contributed by atoms with Crippen molar-refractivity contribution in [2.75, 3.05) is 6.54 Å². The van der Waals surface area contributed by atoms with Gasteiger partial charge in [0.2, 0.25) is 0 Å². The topological polar surface area (TPSA) is 12.0 Å². The van der Waals surface area contributed by atoms with Gasteiger partial charge in [0.05, 0.1) is 6.54 Å². The molecule has 0 amide bonds. The third kappa shape index (κ3) is 4.16. The lowest BCUT2D eigenvalue weighted by Gasteiger charge is -2.15. The first-order valence-electron chi connectivity index (χ1n) is 4.94. The minimum atomic E-state index is -4.01. The van der Waals surface area contributed by atoms with Crippen molar-refractivity contribution in [2.24, 2.45) is 0 Å². The second-order valence-corrected chi connectivity index (χ2v) is 4.16. The summed E-state index contributed by atoms with van der Waals surface area (Å²) in [6.45, 7) is 0.822. The Hall–Kier alpha value is -0.810. The van der Waals surface area contributed by atoms with E-state index in [0.29, 0.717) is 10.6 Å². The molecule has 6 heteroatoms. The van der Waals surface area contributed by atoms with Crippen LogP contribution >= 0.6 is 11.6 Å². The van der Waals surface area contributed by atoms with Gasteiger partial charge in [0.15, 0.2) is 0 Å². The molecule has 1 aromatic rings. The van der Waals surface area contributed by atoms with Crippen molar-refractivity contribution in [2.45, 2.75) is 25.8 Å². The normalized spacial score (nSPS) is 12.2. The fraction of sp³-hybridized carbons (Fsp3) is 0.455. The van der Waals surface area contributed by atoms with Crippen LogP contribution in [-0.2, 0) is 6.54 Å². The van der Waals surface area contributed by atoms with Gasteiger partial charge in [-0.05, 0) is 24.1 Å². The number of alkyl halides is 4. The van der Waals surface area contributed by atoms with Crippen molar-refractivity contribution >= 4 is 11.6 Å². The van der Waals surface area contributed by atoms with E-state index in [4.69, 9.17) is 11.6 Å². The van der Waals surface area contributed by atoms with Crippen LogP contribution in [0.3, 0.4) is 0 Å². The Bertz CT molecular complexity index is 382. The molecule has 0 bridgehead atoms. The highest BCUT2D eigenvalue weighted by molar-refractivity contribution is 6.31. The Morgan fingerprint density at radius 2 is 2.00 bits per heavy atom. The molecule has 0 fully saturated rings. The monoisotopic (exact) mass is 269 g/mol. The van der Waals surface area contributed by atoms with Crippen LogP contribution in [0.5, 0.6) is 0 Å². The van der Waals surface area contributed by atoms with Crippen molar-refractivity contribution in [3.63, 3.8) is 0 Å². The first kappa shape index (κ1) is 14.3. The summed E-state index contributed by atoms with van der Waals surface area (Å²) in [7, 11) is 0. The standard InChI is InChI=1S/C11H12ClF4N/c1-7-2-3-8(4-9(7)12)5-17-6-11(15,16)10(13)14/h2-4,10,17H,5-6H2,1H3. The van der Waals surface area contributed by atoms with E-state index in [0.717, 1.165) is 5.56 Å². The van der Waals surface area contributed by atoms with Gasteiger partial charge in [-0.1, -0.05) is 23.7 Å². The Morgan fingerprint density at radius 1 is 1.35 bits per heavy atom. The maximum absolute atomic E-state index is 12.6. The second-order valence-electron chi connectivity index (χ2n) is 3.75. The molecule has 0 saturated carbocycles. The van der Waals surface area contributed by atoms with Crippen LogP contribution in [0.4, 0.5) is 17.6 Å². The third-order valence-corrected chi connectivity index (χ3v) is 2.65. The van der Waals surface area contributed by atoms with Crippen LogP contribution in [0.1, 0.15) is 11.1 Å². The van der Waals surface area contributed by atoms with Crippen LogP contribution in [0, 0.1) is 6.92 Å². The van der Waals surface area contributed by atoms with Gasteiger partial charge in [-0.2, -0.15) is 8.78 Å². The molecule has 0 aliphatic rings. The molecule has 0 aliphatic heterocycles. The Labute approximate surface area is 102 Å². The SMILES string of the molecule is Cc1ccc(CNCC(F)(F)C(F)F)cc1Cl. The van der Waals surface area contributed by atoms with E-state index in [9.17, 15) is 17.6 Å². The average Bonchev–Trinajstić information content (AvgIpc) is 2.23. The van der Waals surface area contributed by atoms with E-state index in [2.05, 4.69) is 5.32 Å². The summed E-state index contributed by atoms with van der Waals surface area (Å²) in [6, 6.07) is 5.06. The van der Waals surface area contributed by atoms with Crippen LogP contribution in [0.25, 0.3) is 0 Å². The largest absolute Gasteiger partial charge is 0.319 e. The maximum Gasteiger partial charge on any atom is 0.319 e. The van der Waals surface area contributed by atoms with Gasteiger partial charge < -0.3 is 5.32 Å². The molecule has 1 rings (SSSR count). The number of aryl methyl sites for hydroxylation is 1. The van der Waals surface area contributed by atoms with E-state index in [1.807, 2.05) is 6.92 Å². The Kier molecular flexibility index (Phi) is 4.77. The minimum Gasteiger partial charge on any atom is -0.307 e. The highest BCUT2D eigenvalue weighted by atomic mass is 35.5. The van der Waals surface area contributed by atoms with Gasteiger partial charge in [0.1, 0.15) is 0 Å². The molecule has 1 nitrogen and oxygen atoms in total. The van der Waals surface area contributed by atoms with Crippen LogP contribution in [0.15, 0.2) is 18.2 Å². The van der Waals surface area contributed by atoms with Gasteiger partial charge in [-0.25, -0.2) is 8.78 Å². The van der Waals surface area contributed by atoms with E-state index >= 15 is 0 Å². The predicted octanol–water partition coefficient (Wildman–Crippen LogP) is 3.64. The minimum absolute atomic E-state index is 0.0717. The molecule has 0 radical (unpaired) electrons. The summed E-state index contributed by atoms with van der Waals surface area (Å²) in [5.74, 6) is -4.01. The Balaban J connectivity index is 2.49. The molecule has 0 unspecified atom stereocenters. The zero-order valence-electron chi connectivity index (χ0n) is 9.11. The third-order valence-electron chi connectivity index (χ3n) is 2.25. The lowest BCUT2D eigenvalue weighted by atomic mass is 10.1. The number of benzene rings is 1. The molecule has 0 aliphatic carbocycles. The van der Waals surface area contributed by atoms with Crippen LogP contribution in [0.2, 0.25) is 5.02 Å². The van der Waals surface area contributed by atoms with Gasteiger partial charge >= 0.3 is 12.3 Å². The predicted molar refractivity (Wildman–Crippen MR) is 58.8 cm³/mol. The van der Waals surface area contributed by atoms with Crippen molar-refractivity contribution in [1.29, 1.82) is 0 Å². The lowest BCUT2D eigenvalue weighted by molar-refractivity contribution is -0.125. The molecule has 0 saturated heterocycles. The quantitative estimate of drug-likeness (QED) is 0.805. The number of hydrogen-bond donors (Lipinski definition) is 1. The number of nitrogens with one attached hydrogen (secondary N) is 1. The zero-order chi connectivity index (χ0) is 13.1. The molecule has 0 aromatic heterocycles. The van der Waals surface area contributed by atoms with Crippen LogP contribution < -0.4 is 5.32 Å². The molecule has 1 N–H and O–H groups in total. The first-order valence-corrected chi connectivity index (χ1v) is 5.32. The zero-order valence-corrected chi connectivity index (χ0v) is 9.87. The van der Waals surface area contributed by atoms with Crippen molar-refractivity contribution in [1.82, 2.24) is 5.32 Å². The molecular weight excluding hydrogens is 258 g/mol. The van der Waals surface area contributed by atoms with Gasteiger partial charge in [-0.15, -0.1) is 0 Å². The summed E-state index contributed by atoms with van der Waals surface area (Å²) < 4.78 is 48.8. The van der Waals surface area contributed by atoms with Crippen molar-refractivity contribution in [3.05, 3.63) is 34.3 Å². The van der Waals surface area contributed by atoms with E-state index in [-0.39, 0.29) is 6.54 Å². The van der Waals surface area contributed by atoms with Crippen molar-refractivity contribution < 1.29 is 17.6 Å². The molecule has 96 valence electrons. The molecule has 0 spiro atoms. The number of rotatable bonds is 5. The lowest BCUT2D eigenvalue weighted by Crippen LogP contribution is -2.38. The van der Waals surface area contributed by atoms with E-state index in [1.165, 1.54) is 0 Å². The molecular formula is C11H12ClF4N. The Morgan fingerprint density at radius 3 is 2.53 bits per heavy atom. The van der Waals surface area contributed by atoms with Gasteiger partial charge in [0, 0.05) is 11.6 Å². The summed E-state index contributed by atoms with van der Waals surface area (Å²) in [4.78, 5) is 0. The summed E-state index contributed by atoms with van der Waals surface area (Å²) in [5.41, 5.74) is 1.54. The molecule has 0 heterocycles. The van der Waals surface area contributed by atoms with Crippen molar-refractivity contribution in [3.8, 4) is 0 Å². The molecule has 0 atom stereocenters. The average molecular weight is 270 g/mol. The number of hydrogen-bond acceptors (Lipinski definition) is 1. The summed E-state index contributed by atoms with van der Waals surface area (Å²) in [6.07, 6.45) is -3.66. The van der Waals surface area contributed by atoms with Gasteiger partial charge in [0.25, 0.3) is 0 Å². The van der Waals surface area contributed by atoms with E-state index < -0.39 is 18.9 Å².